The molecule has 0 spiro atoms. The highest BCUT2D eigenvalue weighted by Crippen LogP contribution is 2.31. The van der Waals surface area contributed by atoms with Crippen molar-refractivity contribution in [1.29, 1.82) is 0 Å². The first-order chi connectivity index (χ1) is 9.29. The predicted octanol–water partition coefficient (Wildman–Crippen LogP) is 2.71. The molecule has 2 rings (SSSR count). The molecule has 0 atom stereocenters. The quantitative estimate of drug-likeness (QED) is 0.854. The van der Waals surface area contributed by atoms with Crippen LogP contribution in [0.5, 0.6) is 0 Å². The van der Waals surface area contributed by atoms with Crippen molar-refractivity contribution in [3.8, 4) is 0 Å². The van der Waals surface area contributed by atoms with Crippen molar-refractivity contribution in [2.45, 2.75) is 11.1 Å². The fourth-order valence-corrected chi connectivity index (χ4v) is 4.60. The molecular weight excluding hydrogens is 368 g/mol. The molecule has 0 amide bonds. The molecule has 9 heteroatoms. The number of hydrogen-bond acceptors (Lipinski definition) is 5. The SMILES string of the molecule is Cc1cc(S(=O)(=O)Nc2cc(C(=O)O)ccn2)sc1Br. The molecule has 2 N–H and O–H groups in total. The number of carbonyl (C=O) groups is 1. The Morgan fingerprint density at radius 2 is 2.15 bits per heavy atom. The molecule has 6 nitrogen and oxygen atoms in total. The summed E-state index contributed by atoms with van der Waals surface area (Å²) in [7, 11) is -3.77. The lowest BCUT2D eigenvalue weighted by atomic mass is 10.3. The minimum Gasteiger partial charge on any atom is -0.478 e. The molecule has 2 aromatic rings. The zero-order valence-electron chi connectivity index (χ0n) is 10.1. The second-order valence-electron chi connectivity index (χ2n) is 3.86. The fourth-order valence-electron chi connectivity index (χ4n) is 1.37. The normalized spacial score (nSPS) is 11.3. The predicted molar refractivity (Wildman–Crippen MR) is 78.8 cm³/mol. The Morgan fingerprint density at radius 1 is 1.45 bits per heavy atom. The van der Waals surface area contributed by atoms with Crippen LogP contribution in [0.4, 0.5) is 5.82 Å². The summed E-state index contributed by atoms with van der Waals surface area (Å²) < 4.78 is 27.4. The van der Waals surface area contributed by atoms with Crippen LogP contribution >= 0.6 is 27.3 Å². The fraction of sp³-hybridized carbons (Fsp3) is 0.0909. The number of sulfonamides is 1. The van der Waals surface area contributed by atoms with Gasteiger partial charge < -0.3 is 5.11 Å². The van der Waals surface area contributed by atoms with Crippen molar-refractivity contribution in [3.05, 3.63) is 39.3 Å². The Morgan fingerprint density at radius 3 is 2.70 bits per heavy atom. The van der Waals surface area contributed by atoms with E-state index in [-0.39, 0.29) is 15.6 Å². The molecule has 20 heavy (non-hydrogen) atoms. The zero-order chi connectivity index (χ0) is 14.9. The van der Waals surface area contributed by atoms with Gasteiger partial charge in [-0.2, -0.15) is 0 Å². The topological polar surface area (TPSA) is 96.4 Å². The van der Waals surface area contributed by atoms with Gasteiger partial charge in [0, 0.05) is 6.20 Å². The van der Waals surface area contributed by atoms with E-state index in [1.807, 2.05) is 0 Å². The third kappa shape index (κ3) is 3.17. The van der Waals surface area contributed by atoms with E-state index in [4.69, 9.17) is 5.11 Å². The second kappa shape index (κ2) is 5.51. The Hall–Kier alpha value is -1.45. The molecule has 0 bridgehead atoms. The van der Waals surface area contributed by atoms with E-state index < -0.39 is 16.0 Å². The molecule has 0 aliphatic carbocycles. The molecule has 106 valence electrons. The van der Waals surface area contributed by atoms with Gasteiger partial charge in [0.1, 0.15) is 10.0 Å². The van der Waals surface area contributed by atoms with Gasteiger partial charge in [-0.25, -0.2) is 18.2 Å². The summed E-state index contributed by atoms with van der Waals surface area (Å²) in [5.41, 5.74) is 0.767. The average molecular weight is 377 g/mol. The maximum Gasteiger partial charge on any atom is 0.335 e. The average Bonchev–Trinajstić information content (AvgIpc) is 2.70. The number of halogens is 1. The van der Waals surface area contributed by atoms with Crippen molar-refractivity contribution in [2.24, 2.45) is 0 Å². The van der Waals surface area contributed by atoms with Gasteiger partial charge in [0.2, 0.25) is 0 Å². The van der Waals surface area contributed by atoms with Crippen molar-refractivity contribution in [2.75, 3.05) is 4.72 Å². The summed E-state index contributed by atoms with van der Waals surface area (Å²) in [6.07, 6.45) is 1.23. The minimum atomic E-state index is -3.77. The second-order valence-corrected chi connectivity index (χ2v) is 8.14. The number of rotatable bonds is 4. The van der Waals surface area contributed by atoms with Crippen molar-refractivity contribution >= 4 is 49.1 Å². The first kappa shape index (κ1) is 14.9. The van der Waals surface area contributed by atoms with Gasteiger partial charge in [0.25, 0.3) is 10.0 Å². The molecule has 0 radical (unpaired) electrons. The maximum atomic E-state index is 12.1. The molecule has 0 saturated heterocycles. The first-order valence-electron chi connectivity index (χ1n) is 5.28. The van der Waals surface area contributed by atoms with Gasteiger partial charge in [-0.1, -0.05) is 0 Å². The molecule has 0 aromatic carbocycles. The number of aromatic nitrogens is 1. The third-order valence-electron chi connectivity index (χ3n) is 2.35. The lowest BCUT2D eigenvalue weighted by Crippen LogP contribution is -2.13. The van der Waals surface area contributed by atoms with Crippen LogP contribution in [0.1, 0.15) is 15.9 Å². The highest BCUT2D eigenvalue weighted by Gasteiger charge is 2.19. The minimum absolute atomic E-state index is 0.0351. The Bertz CT molecular complexity index is 751. The highest BCUT2D eigenvalue weighted by atomic mass is 79.9. The van der Waals surface area contributed by atoms with Crippen LogP contribution in [0.2, 0.25) is 0 Å². The highest BCUT2D eigenvalue weighted by molar-refractivity contribution is 9.11. The van der Waals surface area contributed by atoms with Crippen LogP contribution in [0.3, 0.4) is 0 Å². The number of carboxylic acids is 1. The summed E-state index contributed by atoms with van der Waals surface area (Å²) in [4.78, 5) is 14.6. The van der Waals surface area contributed by atoms with Crippen LogP contribution in [0.25, 0.3) is 0 Å². The van der Waals surface area contributed by atoms with Gasteiger partial charge in [0.05, 0.1) is 9.35 Å². The summed E-state index contributed by atoms with van der Waals surface area (Å²) in [5.74, 6) is -1.19. The number of aromatic carboxylic acids is 1. The standard InChI is InChI=1S/C11H9BrN2O4S2/c1-6-4-9(19-10(6)12)20(17,18)14-8-5-7(11(15)16)2-3-13-8/h2-5H,1H3,(H,13,14)(H,15,16). The maximum absolute atomic E-state index is 12.1. The van der Waals surface area contributed by atoms with Gasteiger partial charge in [0.15, 0.2) is 0 Å². The lowest BCUT2D eigenvalue weighted by Gasteiger charge is -2.05. The molecule has 2 heterocycles. The van der Waals surface area contributed by atoms with Crippen LogP contribution in [-0.4, -0.2) is 24.5 Å². The van der Waals surface area contributed by atoms with E-state index in [9.17, 15) is 13.2 Å². The summed E-state index contributed by atoms with van der Waals surface area (Å²) in [5, 5.41) is 8.86. The number of nitrogens with zero attached hydrogens (tertiary/aromatic N) is 1. The van der Waals surface area contributed by atoms with Gasteiger partial charge in [-0.05, 0) is 46.6 Å². The van der Waals surface area contributed by atoms with E-state index in [0.29, 0.717) is 0 Å². The summed E-state index contributed by atoms with van der Waals surface area (Å²) in [6.45, 7) is 1.78. The summed E-state index contributed by atoms with van der Waals surface area (Å²) in [6, 6.07) is 3.97. The van der Waals surface area contributed by atoms with Crippen LogP contribution in [0, 0.1) is 6.92 Å². The Labute approximate surface area is 127 Å². The molecule has 0 aliphatic heterocycles. The smallest absolute Gasteiger partial charge is 0.335 e. The summed E-state index contributed by atoms with van der Waals surface area (Å²) >= 11 is 4.33. The number of nitrogens with one attached hydrogen (secondary N) is 1. The number of carboxylic acid groups (broad SMARTS) is 1. The Kier molecular flexibility index (Phi) is 4.11. The van der Waals surface area contributed by atoms with Crippen LogP contribution in [-0.2, 0) is 10.0 Å². The first-order valence-corrected chi connectivity index (χ1v) is 8.37. The van der Waals surface area contributed by atoms with Gasteiger partial charge in [-0.3, -0.25) is 4.72 Å². The Balaban J connectivity index is 2.33. The van der Waals surface area contributed by atoms with Gasteiger partial charge >= 0.3 is 5.97 Å². The van der Waals surface area contributed by atoms with E-state index in [1.165, 1.54) is 18.3 Å². The number of hydrogen-bond donors (Lipinski definition) is 2. The number of thiophene rings is 1. The van der Waals surface area contributed by atoms with Crippen LogP contribution in [0.15, 0.2) is 32.4 Å². The van der Waals surface area contributed by atoms with E-state index in [1.54, 1.807) is 6.92 Å². The molecule has 0 aliphatic rings. The van der Waals surface area contributed by atoms with Crippen molar-refractivity contribution in [1.82, 2.24) is 4.98 Å². The zero-order valence-corrected chi connectivity index (χ0v) is 13.3. The number of pyridine rings is 1. The van der Waals surface area contributed by atoms with E-state index in [2.05, 4.69) is 25.6 Å². The van der Waals surface area contributed by atoms with E-state index in [0.717, 1.165) is 26.8 Å². The molecule has 0 unspecified atom stereocenters. The van der Waals surface area contributed by atoms with Crippen molar-refractivity contribution < 1.29 is 18.3 Å². The van der Waals surface area contributed by atoms with E-state index >= 15 is 0 Å². The molecule has 0 fully saturated rings. The largest absolute Gasteiger partial charge is 0.478 e. The molecule has 2 aromatic heterocycles. The van der Waals surface area contributed by atoms with Gasteiger partial charge in [-0.15, -0.1) is 11.3 Å². The number of anilines is 1. The third-order valence-corrected chi connectivity index (χ3v) is 6.31. The van der Waals surface area contributed by atoms with Crippen LogP contribution < -0.4 is 4.72 Å². The van der Waals surface area contributed by atoms with Crippen molar-refractivity contribution in [3.63, 3.8) is 0 Å². The molecule has 0 saturated carbocycles. The number of aryl methyl sites for hydroxylation is 1. The molecular formula is C11H9BrN2O4S2. The monoisotopic (exact) mass is 376 g/mol. The lowest BCUT2D eigenvalue weighted by molar-refractivity contribution is 0.0697.